The lowest BCUT2D eigenvalue weighted by Crippen LogP contribution is -2.54. The van der Waals surface area contributed by atoms with E-state index in [-0.39, 0.29) is 18.0 Å². The molecule has 0 bridgehead atoms. The van der Waals surface area contributed by atoms with Gasteiger partial charge in [-0.05, 0) is 76.1 Å². The average molecular weight is 536 g/mol. The highest BCUT2D eigenvalue weighted by molar-refractivity contribution is 6.30. The van der Waals surface area contributed by atoms with Crippen LogP contribution in [0.1, 0.15) is 83.1 Å². The van der Waals surface area contributed by atoms with Crippen LogP contribution in [-0.2, 0) is 15.1 Å². The topological polar surface area (TPSA) is 62.8 Å². The summed E-state index contributed by atoms with van der Waals surface area (Å²) in [4.78, 5) is 15.6. The van der Waals surface area contributed by atoms with Crippen LogP contribution in [0.15, 0.2) is 24.3 Å². The van der Waals surface area contributed by atoms with Gasteiger partial charge in [0.2, 0.25) is 0 Å². The first-order chi connectivity index (χ1) is 18.0. The minimum absolute atomic E-state index is 0.0663. The number of carbonyl (C=O) groups is 1. The minimum Gasteiger partial charge on any atom is -0.385 e. The molecular formula is C30H50ClN3O3. The van der Waals surface area contributed by atoms with Crippen LogP contribution in [0.2, 0.25) is 5.02 Å². The van der Waals surface area contributed by atoms with Crippen LogP contribution >= 0.6 is 11.6 Å². The third-order valence-electron chi connectivity index (χ3n) is 8.35. The predicted octanol–water partition coefficient (Wildman–Crippen LogP) is 6.37. The van der Waals surface area contributed by atoms with Crippen molar-refractivity contribution in [2.24, 2.45) is 11.8 Å². The normalized spacial score (nSPS) is 21.4. The molecule has 3 rings (SSSR count). The molecule has 1 aromatic rings. The third-order valence-corrected chi connectivity index (χ3v) is 8.59. The summed E-state index contributed by atoms with van der Waals surface area (Å²) >= 11 is 6.46. The SMILES string of the molecule is CCO[C@](CCCCOC)(c1cccc(Cl)c1)[C@@H]1CCCN(C(=O)N[C@H](CNC)CC2CCCCC2)C1. The third kappa shape index (κ3) is 8.84. The van der Waals surface area contributed by atoms with E-state index in [2.05, 4.69) is 29.7 Å². The van der Waals surface area contributed by atoms with E-state index in [0.29, 0.717) is 13.2 Å². The lowest BCUT2D eigenvalue weighted by molar-refractivity contribution is -0.110. The van der Waals surface area contributed by atoms with E-state index in [1.165, 1.54) is 32.1 Å². The minimum atomic E-state index is -0.473. The fourth-order valence-corrected chi connectivity index (χ4v) is 6.76. The molecule has 1 heterocycles. The zero-order valence-corrected chi connectivity index (χ0v) is 24.2. The first-order valence-corrected chi connectivity index (χ1v) is 15.0. The number of nitrogens with zero attached hydrogens (tertiary/aromatic N) is 1. The van der Waals surface area contributed by atoms with Gasteiger partial charge in [-0.2, -0.15) is 0 Å². The van der Waals surface area contributed by atoms with Crippen LogP contribution in [0.25, 0.3) is 0 Å². The standard InChI is InChI=1S/C30H50ClN3O3/c1-4-37-30(17-8-9-19-36-3,25-14-10-16-27(31)21-25)26-15-11-18-34(23-26)29(35)33-28(22-32-2)20-24-12-6-5-7-13-24/h10,14,16,21,24,26,28,32H,4-9,11-13,15,17-20,22-23H2,1-3H3,(H,33,35)/t26-,28+,30-/m1/s1. The van der Waals surface area contributed by atoms with Crippen molar-refractivity contribution < 1.29 is 14.3 Å². The Morgan fingerprint density at radius 1 is 1.19 bits per heavy atom. The molecule has 0 aromatic heterocycles. The van der Waals surface area contributed by atoms with Crippen LogP contribution in [-0.4, -0.2) is 64.0 Å². The van der Waals surface area contributed by atoms with Crippen molar-refractivity contribution in [3.05, 3.63) is 34.9 Å². The Labute approximate surface area is 230 Å². The molecule has 1 saturated carbocycles. The Kier molecular flexibility index (Phi) is 13.0. The van der Waals surface area contributed by atoms with Crippen LogP contribution in [0.5, 0.6) is 0 Å². The highest BCUT2D eigenvalue weighted by Crippen LogP contribution is 2.43. The van der Waals surface area contributed by atoms with Crippen LogP contribution in [0.4, 0.5) is 4.79 Å². The van der Waals surface area contributed by atoms with Crippen molar-refractivity contribution in [3.8, 4) is 0 Å². The van der Waals surface area contributed by atoms with Gasteiger partial charge in [0.1, 0.15) is 0 Å². The first kappa shape index (κ1) is 30.2. The molecule has 1 aliphatic carbocycles. The lowest BCUT2D eigenvalue weighted by atomic mass is 9.73. The molecule has 2 fully saturated rings. The maximum atomic E-state index is 13.6. The van der Waals surface area contributed by atoms with Crippen molar-refractivity contribution >= 4 is 17.6 Å². The Bertz CT molecular complexity index is 804. The number of nitrogens with one attached hydrogen (secondary N) is 2. The van der Waals surface area contributed by atoms with Gasteiger partial charge in [0.05, 0.1) is 5.60 Å². The number of likely N-dealkylation sites (N-methyl/N-ethyl adjacent to an activating group) is 1. The van der Waals surface area contributed by atoms with Crippen LogP contribution < -0.4 is 10.6 Å². The highest BCUT2D eigenvalue weighted by Gasteiger charge is 2.43. The number of ether oxygens (including phenoxy) is 2. The van der Waals surface area contributed by atoms with Gasteiger partial charge in [-0.15, -0.1) is 0 Å². The van der Waals surface area contributed by atoms with Gasteiger partial charge in [0.25, 0.3) is 0 Å². The summed E-state index contributed by atoms with van der Waals surface area (Å²) in [6, 6.07) is 8.36. The molecule has 0 unspecified atom stereocenters. The number of hydrogen-bond acceptors (Lipinski definition) is 4. The van der Waals surface area contributed by atoms with Crippen LogP contribution in [0, 0.1) is 11.8 Å². The fourth-order valence-electron chi connectivity index (χ4n) is 6.57. The smallest absolute Gasteiger partial charge is 0.317 e. The number of rotatable bonds is 14. The van der Waals surface area contributed by atoms with E-state index >= 15 is 0 Å². The van der Waals surface area contributed by atoms with Gasteiger partial charge in [-0.3, -0.25) is 0 Å². The van der Waals surface area contributed by atoms with Crippen molar-refractivity contribution in [2.75, 3.05) is 47.0 Å². The summed E-state index contributed by atoms with van der Waals surface area (Å²) in [6.07, 6.45) is 12.5. The number of unbranched alkanes of at least 4 members (excludes halogenated alkanes) is 1. The van der Waals surface area contributed by atoms with Gasteiger partial charge >= 0.3 is 6.03 Å². The van der Waals surface area contributed by atoms with E-state index < -0.39 is 5.60 Å². The zero-order chi connectivity index (χ0) is 26.5. The summed E-state index contributed by atoms with van der Waals surface area (Å²) in [6.45, 7) is 5.72. The van der Waals surface area contributed by atoms with Crippen molar-refractivity contribution in [3.63, 3.8) is 0 Å². The number of likely N-dealkylation sites (tertiary alicyclic amines) is 1. The van der Waals surface area contributed by atoms with Crippen molar-refractivity contribution in [1.82, 2.24) is 15.5 Å². The number of amides is 2. The van der Waals surface area contributed by atoms with E-state index in [1.807, 2.05) is 24.1 Å². The maximum absolute atomic E-state index is 13.6. The average Bonchev–Trinajstić information content (AvgIpc) is 2.91. The first-order valence-electron chi connectivity index (χ1n) is 14.6. The molecule has 7 heteroatoms. The largest absolute Gasteiger partial charge is 0.385 e. The number of urea groups is 1. The van der Waals surface area contributed by atoms with Gasteiger partial charge in [0, 0.05) is 56.9 Å². The monoisotopic (exact) mass is 535 g/mol. The fraction of sp³-hybridized carbons (Fsp3) is 0.767. The molecule has 37 heavy (non-hydrogen) atoms. The number of carbonyl (C=O) groups excluding carboxylic acids is 1. The molecule has 1 aromatic carbocycles. The second-order valence-electron chi connectivity index (χ2n) is 11.0. The molecule has 0 radical (unpaired) electrons. The number of benzene rings is 1. The molecular weight excluding hydrogens is 486 g/mol. The number of methoxy groups -OCH3 is 1. The van der Waals surface area contributed by atoms with Gasteiger partial charge in [0.15, 0.2) is 0 Å². The molecule has 210 valence electrons. The molecule has 3 atom stereocenters. The van der Waals surface area contributed by atoms with E-state index in [4.69, 9.17) is 21.1 Å². The van der Waals surface area contributed by atoms with Gasteiger partial charge < -0.3 is 25.0 Å². The van der Waals surface area contributed by atoms with Crippen LogP contribution in [0.3, 0.4) is 0 Å². The maximum Gasteiger partial charge on any atom is 0.317 e. The summed E-state index contributed by atoms with van der Waals surface area (Å²) < 4.78 is 12.0. The summed E-state index contributed by atoms with van der Waals surface area (Å²) in [7, 11) is 3.72. The Morgan fingerprint density at radius 3 is 2.70 bits per heavy atom. The Balaban J connectivity index is 1.75. The summed E-state index contributed by atoms with van der Waals surface area (Å²) in [5.41, 5.74) is 0.649. The van der Waals surface area contributed by atoms with Gasteiger partial charge in [-0.1, -0.05) is 55.8 Å². The van der Waals surface area contributed by atoms with E-state index in [0.717, 1.165) is 74.7 Å². The predicted molar refractivity (Wildman–Crippen MR) is 152 cm³/mol. The Morgan fingerprint density at radius 2 is 2.00 bits per heavy atom. The number of hydrogen-bond donors (Lipinski definition) is 2. The molecule has 0 spiro atoms. The van der Waals surface area contributed by atoms with Crippen molar-refractivity contribution in [1.29, 1.82) is 0 Å². The molecule has 2 amide bonds. The molecule has 1 aliphatic heterocycles. The summed E-state index contributed by atoms with van der Waals surface area (Å²) in [5.74, 6) is 0.927. The second-order valence-corrected chi connectivity index (χ2v) is 11.4. The Hall–Kier alpha value is -1.34. The van der Waals surface area contributed by atoms with E-state index in [9.17, 15) is 4.79 Å². The quantitative estimate of drug-likeness (QED) is 0.272. The molecule has 6 nitrogen and oxygen atoms in total. The summed E-state index contributed by atoms with van der Waals surface area (Å²) in [5, 5.41) is 7.42. The second kappa shape index (κ2) is 15.9. The molecule has 2 aliphatic rings. The van der Waals surface area contributed by atoms with Gasteiger partial charge in [-0.25, -0.2) is 4.79 Å². The van der Waals surface area contributed by atoms with Crippen molar-refractivity contribution in [2.45, 2.75) is 89.2 Å². The van der Waals surface area contributed by atoms with E-state index in [1.54, 1.807) is 7.11 Å². The number of halogens is 1. The lowest BCUT2D eigenvalue weighted by Gasteiger charge is -2.46. The molecule has 1 saturated heterocycles. The number of piperidine rings is 1. The highest BCUT2D eigenvalue weighted by atomic mass is 35.5. The molecule has 2 N–H and O–H groups in total. The zero-order valence-electron chi connectivity index (χ0n) is 23.4.